The number of alkyl halides is 3. The Bertz CT molecular complexity index is 502. The molecule has 5 nitrogen and oxygen atoms in total. The van der Waals surface area contributed by atoms with Gasteiger partial charge in [0.1, 0.15) is 0 Å². The SMILES string of the molecule is NC1(c2noc(C3CCN(CC(F)(F)F)CC3)n2)CCCC1. The minimum Gasteiger partial charge on any atom is -0.339 e. The summed E-state index contributed by atoms with van der Waals surface area (Å²) in [5, 5.41) is 4.02. The molecule has 1 aromatic heterocycles. The van der Waals surface area contributed by atoms with Crippen molar-refractivity contribution in [1.82, 2.24) is 15.0 Å². The van der Waals surface area contributed by atoms with E-state index in [-0.39, 0.29) is 5.92 Å². The highest BCUT2D eigenvalue weighted by molar-refractivity contribution is 5.08. The fraction of sp³-hybridized carbons (Fsp3) is 0.857. The molecule has 2 fully saturated rings. The smallest absolute Gasteiger partial charge is 0.339 e. The number of nitrogens with zero attached hydrogens (tertiary/aromatic N) is 3. The van der Waals surface area contributed by atoms with Gasteiger partial charge in [0.05, 0.1) is 12.1 Å². The van der Waals surface area contributed by atoms with Gasteiger partial charge in [0, 0.05) is 5.92 Å². The van der Waals surface area contributed by atoms with Crippen LogP contribution in [0.5, 0.6) is 0 Å². The lowest BCUT2D eigenvalue weighted by molar-refractivity contribution is -0.148. The molecule has 2 aliphatic rings. The first-order valence-corrected chi connectivity index (χ1v) is 7.78. The highest BCUT2D eigenvalue weighted by Gasteiger charge is 2.38. The predicted molar refractivity (Wildman–Crippen MR) is 73.1 cm³/mol. The minimum absolute atomic E-state index is 0.0377. The van der Waals surface area contributed by atoms with Crippen LogP contribution in [0, 0.1) is 0 Å². The van der Waals surface area contributed by atoms with Crippen LogP contribution in [0.4, 0.5) is 13.2 Å². The van der Waals surface area contributed by atoms with Gasteiger partial charge >= 0.3 is 6.18 Å². The number of halogens is 3. The third kappa shape index (κ3) is 3.43. The quantitative estimate of drug-likeness (QED) is 0.927. The number of rotatable bonds is 3. The summed E-state index contributed by atoms with van der Waals surface area (Å²) in [6, 6.07) is 0. The summed E-state index contributed by atoms with van der Waals surface area (Å²) in [6.45, 7) is -0.0496. The molecule has 0 radical (unpaired) electrons. The zero-order valence-electron chi connectivity index (χ0n) is 12.4. The molecule has 0 unspecified atom stereocenters. The summed E-state index contributed by atoms with van der Waals surface area (Å²) in [5.74, 6) is 1.12. The van der Waals surface area contributed by atoms with E-state index in [1.165, 1.54) is 4.90 Å². The standard InChI is InChI=1S/C14H21F3N4O/c15-14(16,17)9-21-7-3-10(4-8-21)11-19-12(20-22-11)13(18)5-1-2-6-13/h10H,1-9,18H2. The van der Waals surface area contributed by atoms with E-state index in [0.29, 0.717) is 37.6 Å². The van der Waals surface area contributed by atoms with Crippen molar-refractivity contribution in [2.75, 3.05) is 19.6 Å². The highest BCUT2D eigenvalue weighted by Crippen LogP contribution is 2.36. The van der Waals surface area contributed by atoms with Crippen LogP contribution in [-0.4, -0.2) is 40.9 Å². The molecule has 1 saturated heterocycles. The maximum Gasteiger partial charge on any atom is 0.401 e. The fourth-order valence-electron chi connectivity index (χ4n) is 3.42. The topological polar surface area (TPSA) is 68.2 Å². The Kier molecular flexibility index (Phi) is 4.15. The van der Waals surface area contributed by atoms with E-state index in [2.05, 4.69) is 10.1 Å². The van der Waals surface area contributed by atoms with Crippen molar-refractivity contribution >= 4 is 0 Å². The van der Waals surface area contributed by atoms with Crippen molar-refractivity contribution in [1.29, 1.82) is 0 Å². The molecule has 2 heterocycles. The minimum atomic E-state index is -4.14. The monoisotopic (exact) mass is 318 g/mol. The van der Waals surface area contributed by atoms with Crippen LogP contribution in [-0.2, 0) is 5.54 Å². The average Bonchev–Trinajstić information content (AvgIpc) is 3.07. The Morgan fingerprint density at radius 1 is 1.23 bits per heavy atom. The van der Waals surface area contributed by atoms with E-state index in [1.54, 1.807) is 0 Å². The Labute approximate surface area is 127 Å². The molecule has 0 amide bonds. The first kappa shape index (κ1) is 15.7. The van der Waals surface area contributed by atoms with E-state index < -0.39 is 18.3 Å². The molecule has 8 heteroatoms. The van der Waals surface area contributed by atoms with E-state index in [1.807, 2.05) is 0 Å². The zero-order chi connectivity index (χ0) is 15.8. The average molecular weight is 318 g/mol. The Morgan fingerprint density at radius 3 is 2.45 bits per heavy atom. The van der Waals surface area contributed by atoms with Crippen molar-refractivity contribution < 1.29 is 17.7 Å². The lowest BCUT2D eigenvalue weighted by Crippen LogP contribution is -2.39. The largest absolute Gasteiger partial charge is 0.401 e. The van der Waals surface area contributed by atoms with E-state index in [4.69, 9.17) is 10.3 Å². The van der Waals surface area contributed by atoms with Gasteiger partial charge in [-0.25, -0.2) is 0 Å². The highest BCUT2D eigenvalue weighted by atomic mass is 19.4. The molecule has 2 N–H and O–H groups in total. The van der Waals surface area contributed by atoms with Gasteiger partial charge in [-0.15, -0.1) is 0 Å². The third-order valence-electron chi connectivity index (χ3n) is 4.72. The zero-order valence-corrected chi connectivity index (χ0v) is 12.4. The summed E-state index contributed by atoms with van der Waals surface area (Å²) < 4.78 is 42.5. The van der Waals surface area contributed by atoms with Crippen molar-refractivity contribution in [3.05, 3.63) is 11.7 Å². The second-order valence-corrected chi connectivity index (χ2v) is 6.49. The number of hydrogen-bond acceptors (Lipinski definition) is 5. The van der Waals surface area contributed by atoms with E-state index in [9.17, 15) is 13.2 Å². The first-order valence-electron chi connectivity index (χ1n) is 7.78. The molecule has 3 rings (SSSR count). The molecule has 0 aromatic carbocycles. The molecule has 1 saturated carbocycles. The van der Waals surface area contributed by atoms with Gasteiger partial charge in [-0.1, -0.05) is 18.0 Å². The molecular formula is C14H21F3N4O. The van der Waals surface area contributed by atoms with E-state index in [0.717, 1.165) is 25.7 Å². The van der Waals surface area contributed by atoms with Crippen LogP contribution in [0.2, 0.25) is 0 Å². The fourth-order valence-corrected chi connectivity index (χ4v) is 3.42. The van der Waals surface area contributed by atoms with Crippen molar-refractivity contribution in [3.63, 3.8) is 0 Å². The van der Waals surface area contributed by atoms with Crippen molar-refractivity contribution in [2.24, 2.45) is 5.73 Å². The second-order valence-electron chi connectivity index (χ2n) is 6.49. The lowest BCUT2D eigenvalue weighted by atomic mass is 9.96. The summed E-state index contributed by atoms with van der Waals surface area (Å²) in [7, 11) is 0. The normalized spacial score (nSPS) is 24.0. The third-order valence-corrected chi connectivity index (χ3v) is 4.72. The van der Waals surface area contributed by atoms with Crippen LogP contribution in [0.25, 0.3) is 0 Å². The summed E-state index contributed by atoms with van der Waals surface area (Å²) in [6.07, 6.45) is 0.919. The number of likely N-dealkylation sites (tertiary alicyclic amines) is 1. The van der Waals surface area contributed by atoms with Gasteiger partial charge in [0.15, 0.2) is 5.82 Å². The van der Waals surface area contributed by atoms with Gasteiger partial charge in [-0.05, 0) is 38.8 Å². The van der Waals surface area contributed by atoms with Gasteiger partial charge in [0.2, 0.25) is 5.89 Å². The maximum absolute atomic E-state index is 12.4. The molecule has 0 atom stereocenters. The Hall–Kier alpha value is -1.15. The molecule has 1 aliphatic carbocycles. The van der Waals surface area contributed by atoms with Gasteiger partial charge in [0.25, 0.3) is 0 Å². The molecule has 124 valence electrons. The van der Waals surface area contributed by atoms with Crippen LogP contribution >= 0.6 is 0 Å². The Morgan fingerprint density at radius 2 is 1.86 bits per heavy atom. The summed E-state index contributed by atoms with van der Waals surface area (Å²) >= 11 is 0. The maximum atomic E-state index is 12.4. The lowest BCUT2D eigenvalue weighted by Gasteiger charge is -2.30. The number of piperidine rings is 1. The molecular weight excluding hydrogens is 297 g/mol. The first-order chi connectivity index (χ1) is 10.4. The number of hydrogen-bond donors (Lipinski definition) is 1. The van der Waals surface area contributed by atoms with E-state index >= 15 is 0 Å². The van der Waals surface area contributed by atoms with Crippen LogP contribution in [0.3, 0.4) is 0 Å². The van der Waals surface area contributed by atoms with Crippen molar-refractivity contribution in [2.45, 2.75) is 56.2 Å². The van der Waals surface area contributed by atoms with Gasteiger partial charge in [-0.2, -0.15) is 18.2 Å². The molecule has 0 bridgehead atoms. The molecule has 22 heavy (non-hydrogen) atoms. The van der Waals surface area contributed by atoms with Crippen LogP contribution in [0.1, 0.15) is 56.2 Å². The van der Waals surface area contributed by atoms with Crippen LogP contribution in [0.15, 0.2) is 4.52 Å². The van der Waals surface area contributed by atoms with Gasteiger partial charge < -0.3 is 10.3 Å². The number of nitrogens with two attached hydrogens (primary N) is 1. The van der Waals surface area contributed by atoms with Crippen molar-refractivity contribution in [3.8, 4) is 0 Å². The predicted octanol–water partition coefficient (Wildman–Crippen LogP) is 2.54. The summed E-state index contributed by atoms with van der Waals surface area (Å²) in [4.78, 5) is 5.87. The second kappa shape index (κ2) is 5.81. The van der Waals surface area contributed by atoms with Crippen LogP contribution < -0.4 is 5.73 Å². The summed E-state index contributed by atoms with van der Waals surface area (Å²) in [5.41, 5.74) is 5.81. The molecule has 1 aromatic rings. The Balaban J connectivity index is 1.59. The molecule has 1 aliphatic heterocycles. The van der Waals surface area contributed by atoms with Gasteiger partial charge in [-0.3, -0.25) is 4.90 Å². The number of aromatic nitrogens is 2. The molecule has 0 spiro atoms.